The summed E-state index contributed by atoms with van der Waals surface area (Å²) in [5.41, 5.74) is 4.02. The first-order valence-corrected chi connectivity index (χ1v) is 6.93. The molecular weight excluding hydrogens is 320 g/mol. The molecule has 0 aliphatic carbocycles. The van der Waals surface area contributed by atoms with Crippen LogP contribution in [0.25, 0.3) is 0 Å². The summed E-state index contributed by atoms with van der Waals surface area (Å²) in [6.07, 6.45) is 0.246. The average molecular weight is 335 g/mol. The van der Waals surface area contributed by atoms with Gasteiger partial charge in [0.15, 0.2) is 0 Å². The maximum Gasteiger partial charge on any atom is 0.238 e. The highest BCUT2D eigenvalue weighted by Gasteiger charge is 2.07. The lowest BCUT2D eigenvalue weighted by atomic mass is 10.1. The highest BCUT2D eigenvalue weighted by molar-refractivity contribution is 9.10. The Bertz CT molecular complexity index is 585. The third-order valence-electron chi connectivity index (χ3n) is 2.84. The van der Waals surface area contributed by atoms with Gasteiger partial charge in [-0.2, -0.15) is 0 Å². The van der Waals surface area contributed by atoms with Crippen molar-refractivity contribution in [2.45, 2.75) is 13.0 Å². The Morgan fingerprint density at radius 3 is 2.40 bits per heavy atom. The summed E-state index contributed by atoms with van der Waals surface area (Å²) >= 11 is 3.38. The Hall–Kier alpha value is -1.85. The molecule has 20 heavy (non-hydrogen) atoms. The van der Waals surface area contributed by atoms with Crippen LogP contribution in [0.3, 0.4) is 0 Å². The van der Waals surface area contributed by atoms with Gasteiger partial charge in [0.05, 0.1) is 6.42 Å². The molecule has 5 heteroatoms. The minimum absolute atomic E-state index is 0.221. The van der Waals surface area contributed by atoms with Gasteiger partial charge in [-0.15, -0.1) is 0 Å². The maximum absolute atomic E-state index is 11.4. The molecular formula is C15H15BrN2O2. The second-order valence-corrected chi connectivity index (χ2v) is 5.17. The second kappa shape index (κ2) is 7.07. The van der Waals surface area contributed by atoms with Crippen LogP contribution in [-0.2, 0) is 17.8 Å². The third-order valence-corrected chi connectivity index (χ3v) is 3.37. The van der Waals surface area contributed by atoms with Crippen LogP contribution < -0.4 is 16.0 Å². The van der Waals surface area contributed by atoms with Crippen LogP contribution in [0.1, 0.15) is 11.1 Å². The van der Waals surface area contributed by atoms with Gasteiger partial charge in [0.1, 0.15) is 12.4 Å². The fraction of sp³-hybridized carbons (Fsp3) is 0.133. The topological polar surface area (TPSA) is 64.3 Å². The number of benzene rings is 2. The van der Waals surface area contributed by atoms with E-state index in [1.807, 2.05) is 48.5 Å². The molecule has 1 amide bonds. The van der Waals surface area contributed by atoms with E-state index in [1.165, 1.54) is 0 Å². The number of ether oxygens (including phenoxy) is 1. The van der Waals surface area contributed by atoms with E-state index in [9.17, 15) is 4.79 Å². The van der Waals surface area contributed by atoms with Crippen molar-refractivity contribution >= 4 is 21.8 Å². The number of nitrogens with one attached hydrogen (secondary N) is 1. The standard InChI is InChI=1S/C15H15BrN2O2/c16-13-5-7-14(8-6-13)20-10-12-4-2-1-3-11(12)9-15(19)18-17/h1-8H,9-10,17H2,(H,18,19). The molecule has 2 aromatic rings. The number of rotatable bonds is 5. The first-order chi connectivity index (χ1) is 9.69. The predicted octanol–water partition coefficient (Wildman–Crippen LogP) is 2.56. The molecule has 0 aromatic heterocycles. The predicted molar refractivity (Wildman–Crippen MR) is 81.0 cm³/mol. The van der Waals surface area contributed by atoms with Crippen molar-refractivity contribution in [3.05, 3.63) is 64.1 Å². The molecule has 0 aliphatic heterocycles. The summed E-state index contributed by atoms with van der Waals surface area (Å²) in [6.45, 7) is 0.412. The lowest BCUT2D eigenvalue weighted by Crippen LogP contribution is -2.31. The molecule has 0 atom stereocenters. The van der Waals surface area contributed by atoms with E-state index in [0.29, 0.717) is 6.61 Å². The summed E-state index contributed by atoms with van der Waals surface area (Å²) < 4.78 is 6.72. The summed E-state index contributed by atoms with van der Waals surface area (Å²) in [4.78, 5) is 11.4. The van der Waals surface area contributed by atoms with Crippen LogP contribution in [-0.4, -0.2) is 5.91 Å². The molecule has 0 aliphatic rings. The van der Waals surface area contributed by atoms with Crippen molar-refractivity contribution in [1.29, 1.82) is 0 Å². The van der Waals surface area contributed by atoms with Crippen LogP contribution in [0.2, 0.25) is 0 Å². The van der Waals surface area contributed by atoms with Crippen LogP contribution in [0.4, 0.5) is 0 Å². The summed E-state index contributed by atoms with van der Waals surface area (Å²) in [5, 5.41) is 0. The summed E-state index contributed by atoms with van der Waals surface area (Å²) in [6, 6.07) is 15.3. The van der Waals surface area contributed by atoms with E-state index < -0.39 is 0 Å². The molecule has 0 spiro atoms. The molecule has 2 rings (SSSR count). The summed E-state index contributed by atoms with van der Waals surface area (Å²) in [7, 11) is 0. The van der Waals surface area contributed by atoms with Crippen molar-refractivity contribution < 1.29 is 9.53 Å². The van der Waals surface area contributed by atoms with Crippen molar-refractivity contribution in [3.63, 3.8) is 0 Å². The van der Waals surface area contributed by atoms with Gasteiger partial charge in [0, 0.05) is 4.47 Å². The molecule has 0 radical (unpaired) electrons. The van der Waals surface area contributed by atoms with Crippen LogP contribution in [0.15, 0.2) is 53.0 Å². The lowest BCUT2D eigenvalue weighted by molar-refractivity contribution is -0.120. The van der Waals surface area contributed by atoms with Gasteiger partial charge < -0.3 is 4.74 Å². The number of hydrogen-bond donors (Lipinski definition) is 2. The lowest BCUT2D eigenvalue weighted by Gasteiger charge is -2.10. The number of halogens is 1. The smallest absolute Gasteiger partial charge is 0.238 e. The number of hydrogen-bond acceptors (Lipinski definition) is 3. The molecule has 0 saturated heterocycles. The summed E-state index contributed by atoms with van der Waals surface area (Å²) in [5.74, 6) is 5.68. The number of amides is 1. The number of carbonyl (C=O) groups excluding carboxylic acids is 1. The maximum atomic E-state index is 11.4. The van der Waals surface area contributed by atoms with Gasteiger partial charge in [0.2, 0.25) is 5.91 Å². The van der Waals surface area contributed by atoms with E-state index in [0.717, 1.165) is 21.3 Å². The van der Waals surface area contributed by atoms with Gasteiger partial charge in [-0.1, -0.05) is 40.2 Å². The average Bonchev–Trinajstić information content (AvgIpc) is 2.48. The first-order valence-electron chi connectivity index (χ1n) is 6.13. The zero-order valence-electron chi connectivity index (χ0n) is 10.8. The SMILES string of the molecule is NNC(=O)Cc1ccccc1COc1ccc(Br)cc1. The molecule has 0 fully saturated rings. The van der Waals surface area contributed by atoms with Gasteiger partial charge in [-0.25, -0.2) is 5.84 Å². The van der Waals surface area contributed by atoms with Gasteiger partial charge >= 0.3 is 0 Å². The van der Waals surface area contributed by atoms with E-state index >= 15 is 0 Å². The molecule has 4 nitrogen and oxygen atoms in total. The monoisotopic (exact) mass is 334 g/mol. The van der Waals surface area contributed by atoms with Gasteiger partial charge in [0.25, 0.3) is 0 Å². The Morgan fingerprint density at radius 2 is 1.75 bits per heavy atom. The minimum atomic E-state index is -0.221. The Balaban J connectivity index is 2.05. The number of nitrogens with two attached hydrogens (primary N) is 1. The van der Waals surface area contributed by atoms with Crippen LogP contribution in [0, 0.1) is 0 Å². The molecule has 0 bridgehead atoms. The highest BCUT2D eigenvalue weighted by Crippen LogP contribution is 2.18. The molecule has 3 N–H and O–H groups in total. The quantitative estimate of drug-likeness (QED) is 0.501. The largest absolute Gasteiger partial charge is 0.489 e. The Labute approximate surface area is 126 Å². The fourth-order valence-electron chi connectivity index (χ4n) is 1.79. The number of hydrazine groups is 1. The van der Waals surface area contributed by atoms with Crippen LogP contribution >= 0.6 is 15.9 Å². The van der Waals surface area contributed by atoms with E-state index in [4.69, 9.17) is 10.6 Å². The molecule has 104 valence electrons. The molecule has 0 saturated carbocycles. The molecule has 0 unspecified atom stereocenters. The first kappa shape index (κ1) is 14.6. The fourth-order valence-corrected chi connectivity index (χ4v) is 2.05. The molecule has 0 heterocycles. The van der Waals surface area contributed by atoms with Crippen molar-refractivity contribution in [2.24, 2.45) is 5.84 Å². The zero-order chi connectivity index (χ0) is 14.4. The third kappa shape index (κ3) is 4.08. The van der Waals surface area contributed by atoms with E-state index in [1.54, 1.807) is 0 Å². The van der Waals surface area contributed by atoms with Crippen molar-refractivity contribution in [2.75, 3.05) is 0 Å². The van der Waals surface area contributed by atoms with E-state index in [2.05, 4.69) is 21.4 Å². The van der Waals surface area contributed by atoms with Crippen molar-refractivity contribution in [1.82, 2.24) is 5.43 Å². The Kier molecular flexibility index (Phi) is 5.15. The van der Waals surface area contributed by atoms with Gasteiger partial charge in [-0.3, -0.25) is 10.2 Å². The Morgan fingerprint density at radius 1 is 1.10 bits per heavy atom. The number of carbonyl (C=O) groups is 1. The zero-order valence-corrected chi connectivity index (χ0v) is 12.4. The normalized spacial score (nSPS) is 10.1. The second-order valence-electron chi connectivity index (χ2n) is 4.26. The van der Waals surface area contributed by atoms with Gasteiger partial charge in [-0.05, 0) is 35.4 Å². The van der Waals surface area contributed by atoms with E-state index in [-0.39, 0.29) is 12.3 Å². The molecule has 2 aromatic carbocycles. The van der Waals surface area contributed by atoms with Crippen LogP contribution in [0.5, 0.6) is 5.75 Å². The highest BCUT2D eigenvalue weighted by atomic mass is 79.9. The van der Waals surface area contributed by atoms with Crippen molar-refractivity contribution in [3.8, 4) is 5.75 Å². The minimum Gasteiger partial charge on any atom is -0.489 e.